The van der Waals surface area contributed by atoms with Crippen molar-refractivity contribution >= 4 is 5.91 Å². The second-order valence-corrected chi connectivity index (χ2v) is 5.40. The van der Waals surface area contributed by atoms with Crippen molar-refractivity contribution in [2.45, 2.75) is 51.0 Å². The molecule has 2 aliphatic carbocycles. The monoisotopic (exact) mass is 224 g/mol. The molecule has 1 N–H and O–H groups in total. The first kappa shape index (κ1) is 11.9. The van der Waals surface area contributed by atoms with Crippen LogP contribution in [0.15, 0.2) is 0 Å². The summed E-state index contributed by atoms with van der Waals surface area (Å²) in [5.41, 5.74) is 0. The summed E-state index contributed by atoms with van der Waals surface area (Å²) < 4.78 is 0. The van der Waals surface area contributed by atoms with Gasteiger partial charge in [-0.05, 0) is 31.6 Å². The number of hydrogen-bond acceptors (Lipinski definition) is 2. The van der Waals surface area contributed by atoms with Gasteiger partial charge in [0.1, 0.15) is 0 Å². The molecule has 0 saturated heterocycles. The Hall–Kier alpha value is -0.570. The fraction of sp³-hybridized carbons (Fsp3) is 0.923. The van der Waals surface area contributed by atoms with E-state index in [1.807, 2.05) is 11.9 Å². The average Bonchev–Trinajstić information content (AvgIpc) is 2.95. The zero-order valence-corrected chi connectivity index (χ0v) is 10.4. The normalized spacial score (nSPS) is 21.3. The molecule has 0 unspecified atom stereocenters. The van der Waals surface area contributed by atoms with Crippen LogP contribution in [-0.4, -0.2) is 37.0 Å². The fourth-order valence-electron chi connectivity index (χ4n) is 2.54. The molecule has 1 amide bonds. The number of rotatable bonds is 6. The fourth-order valence-corrected chi connectivity index (χ4v) is 2.54. The lowest BCUT2D eigenvalue weighted by Gasteiger charge is -2.21. The first-order valence-corrected chi connectivity index (χ1v) is 6.73. The lowest BCUT2D eigenvalue weighted by atomic mass is 10.1. The minimum absolute atomic E-state index is 0.306. The number of carbonyl (C=O) groups excluding carboxylic acids is 1. The van der Waals surface area contributed by atoms with Crippen LogP contribution in [0, 0.1) is 5.92 Å². The Kier molecular flexibility index (Phi) is 4.22. The van der Waals surface area contributed by atoms with Gasteiger partial charge >= 0.3 is 0 Å². The molecule has 0 aromatic rings. The molecule has 2 saturated carbocycles. The van der Waals surface area contributed by atoms with Gasteiger partial charge < -0.3 is 10.2 Å². The third-order valence-corrected chi connectivity index (χ3v) is 3.78. The van der Waals surface area contributed by atoms with Gasteiger partial charge in [-0.1, -0.05) is 12.8 Å². The maximum atomic E-state index is 11.8. The van der Waals surface area contributed by atoms with E-state index in [-0.39, 0.29) is 0 Å². The summed E-state index contributed by atoms with van der Waals surface area (Å²) >= 11 is 0. The van der Waals surface area contributed by atoms with Crippen molar-refractivity contribution in [1.82, 2.24) is 10.2 Å². The van der Waals surface area contributed by atoms with Crippen molar-refractivity contribution in [2.75, 3.05) is 20.1 Å². The smallest absolute Gasteiger partial charge is 0.223 e. The van der Waals surface area contributed by atoms with E-state index < -0.39 is 0 Å². The Balaban J connectivity index is 1.58. The second kappa shape index (κ2) is 5.67. The molecule has 3 heteroatoms. The zero-order valence-electron chi connectivity index (χ0n) is 10.4. The Bertz CT molecular complexity index is 232. The van der Waals surface area contributed by atoms with Crippen LogP contribution in [0.3, 0.4) is 0 Å². The molecule has 3 nitrogen and oxygen atoms in total. The topological polar surface area (TPSA) is 32.3 Å². The van der Waals surface area contributed by atoms with E-state index in [1.165, 1.54) is 38.5 Å². The first-order chi connectivity index (χ1) is 7.75. The zero-order chi connectivity index (χ0) is 11.4. The van der Waals surface area contributed by atoms with Gasteiger partial charge in [0.15, 0.2) is 0 Å². The van der Waals surface area contributed by atoms with Crippen LogP contribution in [0.25, 0.3) is 0 Å². The van der Waals surface area contributed by atoms with Crippen molar-refractivity contribution in [1.29, 1.82) is 0 Å². The Labute approximate surface area is 98.6 Å². The molecule has 0 heterocycles. The Morgan fingerprint density at radius 3 is 2.56 bits per heavy atom. The maximum Gasteiger partial charge on any atom is 0.223 e. The minimum Gasteiger partial charge on any atom is -0.345 e. The molecule has 0 aliphatic heterocycles. The third kappa shape index (κ3) is 3.78. The van der Waals surface area contributed by atoms with Crippen LogP contribution in [-0.2, 0) is 4.79 Å². The molecule has 0 radical (unpaired) electrons. The lowest BCUT2D eigenvalue weighted by Crippen LogP contribution is -2.33. The van der Waals surface area contributed by atoms with Crippen molar-refractivity contribution in [3.63, 3.8) is 0 Å². The second-order valence-electron chi connectivity index (χ2n) is 5.40. The number of hydrogen-bond donors (Lipinski definition) is 1. The van der Waals surface area contributed by atoms with Crippen LogP contribution in [0.2, 0.25) is 0 Å². The van der Waals surface area contributed by atoms with E-state index in [0.717, 1.165) is 19.0 Å². The van der Waals surface area contributed by atoms with E-state index in [0.29, 0.717) is 18.4 Å². The van der Waals surface area contributed by atoms with Gasteiger partial charge in [0.25, 0.3) is 0 Å². The van der Waals surface area contributed by atoms with Crippen molar-refractivity contribution in [3.05, 3.63) is 0 Å². The Morgan fingerprint density at radius 1 is 1.25 bits per heavy atom. The van der Waals surface area contributed by atoms with E-state index in [1.54, 1.807) is 0 Å². The molecule has 0 spiro atoms. The number of carbonyl (C=O) groups is 1. The number of nitrogens with one attached hydrogen (secondary N) is 1. The molecule has 2 fully saturated rings. The van der Waals surface area contributed by atoms with E-state index in [4.69, 9.17) is 0 Å². The SMILES string of the molecule is CN(CC1CCCC1)C(=O)CCNC1CC1. The van der Waals surface area contributed by atoms with Crippen LogP contribution in [0.4, 0.5) is 0 Å². The lowest BCUT2D eigenvalue weighted by molar-refractivity contribution is -0.130. The van der Waals surface area contributed by atoms with Gasteiger partial charge in [-0.15, -0.1) is 0 Å². The highest BCUT2D eigenvalue weighted by molar-refractivity contribution is 5.76. The summed E-state index contributed by atoms with van der Waals surface area (Å²) in [6, 6.07) is 0.716. The highest BCUT2D eigenvalue weighted by atomic mass is 16.2. The summed E-state index contributed by atoms with van der Waals surface area (Å²) in [7, 11) is 1.96. The third-order valence-electron chi connectivity index (χ3n) is 3.78. The standard InChI is InChI=1S/C13H24N2O/c1-15(10-11-4-2-3-5-11)13(16)8-9-14-12-6-7-12/h11-12,14H,2-10H2,1H3. The quantitative estimate of drug-likeness (QED) is 0.746. The van der Waals surface area contributed by atoms with Gasteiger partial charge in [-0.2, -0.15) is 0 Å². The van der Waals surface area contributed by atoms with E-state index in [2.05, 4.69) is 5.32 Å². The van der Waals surface area contributed by atoms with Gasteiger partial charge in [-0.25, -0.2) is 0 Å². The molecule has 2 rings (SSSR count). The molecule has 2 aliphatic rings. The van der Waals surface area contributed by atoms with Gasteiger partial charge in [0, 0.05) is 32.6 Å². The summed E-state index contributed by atoms with van der Waals surface area (Å²) in [5.74, 6) is 1.07. The van der Waals surface area contributed by atoms with Crippen LogP contribution in [0.5, 0.6) is 0 Å². The molecule has 0 bridgehead atoms. The summed E-state index contributed by atoms with van der Waals surface area (Å²) in [6.45, 7) is 1.83. The van der Waals surface area contributed by atoms with E-state index in [9.17, 15) is 4.79 Å². The van der Waals surface area contributed by atoms with Crippen molar-refractivity contribution in [3.8, 4) is 0 Å². The Morgan fingerprint density at radius 2 is 1.94 bits per heavy atom. The first-order valence-electron chi connectivity index (χ1n) is 6.73. The average molecular weight is 224 g/mol. The van der Waals surface area contributed by atoms with Crippen molar-refractivity contribution in [2.24, 2.45) is 5.92 Å². The predicted molar refractivity (Wildman–Crippen MR) is 65.2 cm³/mol. The summed E-state index contributed by atoms with van der Waals surface area (Å²) in [5, 5.41) is 3.39. The summed E-state index contributed by atoms with van der Waals surface area (Å²) in [6.07, 6.45) is 8.61. The van der Waals surface area contributed by atoms with Gasteiger partial charge in [0.2, 0.25) is 5.91 Å². The molecule has 16 heavy (non-hydrogen) atoms. The number of nitrogens with zero attached hydrogens (tertiary/aromatic N) is 1. The molecular weight excluding hydrogens is 200 g/mol. The number of amides is 1. The molecule has 0 aromatic heterocycles. The van der Waals surface area contributed by atoms with Gasteiger partial charge in [0.05, 0.1) is 0 Å². The highest BCUT2D eigenvalue weighted by Gasteiger charge is 2.22. The van der Waals surface area contributed by atoms with Crippen LogP contribution >= 0.6 is 0 Å². The molecule has 0 aromatic carbocycles. The van der Waals surface area contributed by atoms with Crippen LogP contribution in [0.1, 0.15) is 44.9 Å². The van der Waals surface area contributed by atoms with Gasteiger partial charge in [-0.3, -0.25) is 4.79 Å². The van der Waals surface area contributed by atoms with Crippen LogP contribution < -0.4 is 5.32 Å². The minimum atomic E-state index is 0.306. The molecule has 0 atom stereocenters. The maximum absolute atomic E-state index is 11.8. The van der Waals surface area contributed by atoms with E-state index >= 15 is 0 Å². The molecule has 92 valence electrons. The largest absolute Gasteiger partial charge is 0.345 e. The predicted octanol–water partition coefficient (Wildman–Crippen LogP) is 1.78. The summed E-state index contributed by atoms with van der Waals surface area (Å²) in [4.78, 5) is 13.8. The highest BCUT2D eigenvalue weighted by Crippen LogP contribution is 2.25. The van der Waals surface area contributed by atoms with Crippen molar-refractivity contribution < 1.29 is 4.79 Å². The molecular formula is C13H24N2O.